The molecule has 1 aromatic carbocycles. The molecule has 0 unspecified atom stereocenters. The van der Waals surface area contributed by atoms with Crippen molar-refractivity contribution in [2.45, 2.75) is 6.18 Å². The maximum atomic E-state index is 13.5. The van der Waals surface area contributed by atoms with Gasteiger partial charge in [0, 0.05) is 18.7 Å². The number of hydrogen-bond acceptors (Lipinski definition) is 3. The van der Waals surface area contributed by atoms with Crippen molar-refractivity contribution in [1.29, 1.82) is 0 Å². The Hall–Kier alpha value is -2.94. The number of nitrogens with zero attached hydrogens (tertiary/aromatic N) is 2. The van der Waals surface area contributed by atoms with Crippen molar-refractivity contribution in [3.8, 4) is 0 Å². The van der Waals surface area contributed by atoms with Crippen molar-refractivity contribution in [2.24, 2.45) is 7.05 Å². The van der Waals surface area contributed by atoms with Crippen LogP contribution in [0.5, 0.6) is 0 Å². The minimum atomic E-state index is -4.81. The SMILES string of the molecule is Cn1c(=O)ccc2nc(Cl)c(NC(=O)c3cc(F)cc(C(F)(F)F)c3)cc21. The van der Waals surface area contributed by atoms with Gasteiger partial charge in [-0.3, -0.25) is 9.59 Å². The largest absolute Gasteiger partial charge is 0.416 e. The third kappa shape index (κ3) is 3.77. The van der Waals surface area contributed by atoms with Gasteiger partial charge in [-0.05, 0) is 30.3 Å². The molecule has 3 rings (SSSR count). The molecule has 0 aliphatic heterocycles. The van der Waals surface area contributed by atoms with Gasteiger partial charge in [0.05, 0.1) is 22.3 Å². The van der Waals surface area contributed by atoms with E-state index in [9.17, 15) is 27.2 Å². The van der Waals surface area contributed by atoms with E-state index in [4.69, 9.17) is 11.6 Å². The molecule has 0 radical (unpaired) electrons. The van der Waals surface area contributed by atoms with E-state index in [1.807, 2.05) is 0 Å². The molecular weight excluding hydrogens is 390 g/mol. The predicted octanol–water partition coefficient (Wildman–Crippen LogP) is 4.00. The smallest absolute Gasteiger partial charge is 0.319 e. The van der Waals surface area contributed by atoms with Crippen LogP contribution in [0.3, 0.4) is 0 Å². The van der Waals surface area contributed by atoms with Gasteiger partial charge in [0.2, 0.25) is 0 Å². The number of aryl methyl sites for hydroxylation is 1. The van der Waals surface area contributed by atoms with Crippen molar-refractivity contribution < 1.29 is 22.4 Å². The molecule has 0 atom stereocenters. The van der Waals surface area contributed by atoms with E-state index >= 15 is 0 Å². The number of carbonyl (C=O) groups is 1. The highest BCUT2D eigenvalue weighted by Gasteiger charge is 2.32. The van der Waals surface area contributed by atoms with E-state index in [0.29, 0.717) is 23.2 Å². The fraction of sp³-hybridized carbons (Fsp3) is 0.118. The van der Waals surface area contributed by atoms with E-state index < -0.39 is 29.0 Å². The van der Waals surface area contributed by atoms with Gasteiger partial charge in [0.15, 0.2) is 5.15 Å². The Bertz CT molecular complexity index is 1130. The lowest BCUT2D eigenvalue weighted by atomic mass is 10.1. The number of hydrogen-bond donors (Lipinski definition) is 1. The number of rotatable bonds is 2. The lowest BCUT2D eigenvalue weighted by molar-refractivity contribution is -0.137. The summed E-state index contributed by atoms with van der Waals surface area (Å²) in [6.07, 6.45) is -4.81. The molecule has 140 valence electrons. The fourth-order valence-corrected chi connectivity index (χ4v) is 2.62. The normalized spacial score (nSPS) is 11.6. The van der Waals surface area contributed by atoms with Crippen LogP contribution in [0.15, 0.2) is 41.2 Å². The maximum absolute atomic E-state index is 13.5. The third-order valence-corrected chi connectivity index (χ3v) is 4.08. The molecule has 5 nitrogen and oxygen atoms in total. The summed E-state index contributed by atoms with van der Waals surface area (Å²) >= 11 is 5.99. The number of anilines is 1. The van der Waals surface area contributed by atoms with E-state index in [2.05, 4.69) is 10.3 Å². The van der Waals surface area contributed by atoms with Crippen LogP contribution in [-0.4, -0.2) is 15.5 Å². The highest BCUT2D eigenvalue weighted by atomic mass is 35.5. The zero-order chi connectivity index (χ0) is 19.9. The van der Waals surface area contributed by atoms with Crippen LogP contribution in [0, 0.1) is 5.82 Å². The molecule has 1 N–H and O–H groups in total. The molecule has 10 heteroatoms. The Morgan fingerprint density at radius 1 is 1.19 bits per heavy atom. The summed E-state index contributed by atoms with van der Waals surface area (Å²) in [6, 6.07) is 5.57. The highest BCUT2D eigenvalue weighted by molar-refractivity contribution is 6.33. The fourth-order valence-electron chi connectivity index (χ4n) is 2.43. The number of nitrogens with one attached hydrogen (secondary N) is 1. The van der Waals surface area contributed by atoms with Gasteiger partial charge in [-0.2, -0.15) is 13.2 Å². The Kier molecular flexibility index (Phi) is 4.64. The first-order chi connectivity index (χ1) is 12.6. The molecule has 0 saturated carbocycles. The second-order valence-corrected chi connectivity index (χ2v) is 6.00. The summed E-state index contributed by atoms with van der Waals surface area (Å²) in [5.41, 5.74) is -1.47. The number of alkyl halides is 3. The second kappa shape index (κ2) is 6.66. The lowest BCUT2D eigenvalue weighted by Crippen LogP contribution is -2.17. The van der Waals surface area contributed by atoms with Crippen molar-refractivity contribution in [3.63, 3.8) is 0 Å². The molecule has 0 saturated heterocycles. The Morgan fingerprint density at radius 2 is 1.89 bits per heavy atom. The highest BCUT2D eigenvalue weighted by Crippen LogP contribution is 2.31. The third-order valence-electron chi connectivity index (χ3n) is 3.80. The Labute approximate surface area is 154 Å². The van der Waals surface area contributed by atoms with Gasteiger partial charge in [-0.25, -0.2) is 9.37 Å². The number of pyridine rings is 2. The first kappa shape index (κ1) is 18.8. The molecular formula is C17H10ClF4N3O2. The van der Waals surface area contributed by atoms with Gasteiger partial charge in [0.1, 0.15) is 5.82 Å². The van der Waals surface area contributed by atoms with Crippen LogP contribution in [-0.2, 0) is 13.2 Å². The summed E-state index contributed by atoms with van der Waals surface area (Å²) in [5, 5.41) is 2.15. The molecule has 0 bridgehead atoms. The van der Waals surface area contributed by atoms with Crippen molar-refractivity contribution in [2.75, 3.05) is 5.32 Å². The number of benzene rings is 1. The Balaban J connectivity index is 2.02. The molecule has 2 aromatic heterocycles. The van der Waals surface area contributed by atoms with E-state index in [-0.39, 0.29) is 22.5 Å². The van der Waals surface area contributed by atoms with E-state index in [1.54, 1.807) is 0 Å². The monoisotopic (exact) mass is 399 g/mol. The zero-order valence-corrected chi connectivity index (χ0v) is 14.3. The zero-order valence-electron chi connectivity index (χ0n) is 13.6. The quantitative estimate of drug-likeness (QED) is 0.523. The van der Waals surface area contributed by atoms with Crippen LogP contribution >= 0.6 is 11.6 Å². The number of fused-ring (bicyclic) bond motifs is 1. The molecule has 1 amide bonds. The molecule has 0 spiro atoms. The summed E-state index contributed by atoms with van der Waals surface area (Å²) < 4.78 is 53.1. The first-order valence-corrected chi connectivity index (χ1v) is 7.79. The average molecular weight is 400 g/mol. The first-order valence-electron chi connectivity index (χ1n) is 7.41. The molecule has 0 fully saturated rings. The molecule has 3 aromatic rings. The maximum Gasteiger partial charge on any atom is 0.416 e. The van der Waals surface area contributed by atoms with Gasteiger partial charge < -0.3 is 9.88 Å². The number of amides is 1. The van der Waals surface area contributed by atoms with Crippen molar-refractivity contribution >= 4 is 34.2 Å². The average Bonchev–Trinajstić information content (AvgIpc) is 2.58. The molecule has 27 heavy (non-hydrogen) atoms. The summed E-state index contributed by atoms with van der Waals surface area (Å²) in [5.74, 6) is -2.22. The minimum Gasteiger partial charge on any atom is -0.319 e. The summed E-state index contributed by atoms with van der Waals surface area (Å²) in [4.78, 5) is 28.0. The van der Waals surface area contributed by atoms with Gasteiger partial charge in [-0.15, -0.1) is 0 Å². The molecule has 0 aliphatic rings. The predicted molar refractivity (Wildman–Crippen MR) is 91.3 cm³/mol. The summed E-state index contributed by atoms with van der Waals surface area (Å²) in [6.45, 7) is 0. The van der Waals surface area contributed by atoms with Crippen LogP contribution in [0.25, 0.3) is 11.0 Å². The number of aromatic nitrogens is 2. The minimum absolute atomic E-state index is 0.0341. The van der Waals surface area contributed by atoms with Crippen LogP contribution in [0.2, 0.25) is 5.15 Å². The Morgan fingerprint density at radius 3 is 2.56 bits per heavy atom. The van der Waals surface area contributed by atoms with Gasteiger partial charge in [-0.1, -0.05) is 11.6 Å². The second-order valence-electron chi connectivity index (χ2n) is 5.64. The standard InChI is InChI=1S/C17H10ClF4N3O2/c1-25-13-7-12(15(18)23-11(13)2-3-14(25)26)24-16(27)8-4-9(17(20,21)22)6-10(19)5-8/h2-7H,1H3,(H,24,27). The topological polar surface area (TPSA) is 64.0 Å². The van der Waals surface area contributed by atoms with Gasteiger partial charge in [0.25, 0.3) is 11.5 Å². The molecule has 2 heterocycles. The van der Waals surface area contributed by atoms with Gasteiger partial charge >= 0.3 is 6.18 Å². The lowest BCUT2D eigenvalue weighted by Gasteiger charge is -2.12. The van der Waals surface area contributed by atoms with Crippen LogP contribution < -0.4 is 10.9 Å². The number of carbonyl (C=O) groups excluding carboxylic acids is 1. The van der Waals surface area contributed by atoms with E-state index in [0.717, 1.165) is 0 Å². The van der Waals surface area contributed by atoms with Crippen LogP contribution in [0.1, 0.15) is 15.9 Å². The van der Waals surface area contributed by atoms with Crippen molar-refractivity contribution in [1.82, 2.24) is 9.55 Å². The van der Waals surface area contributed by atoms with E-state index in [1.165, 1.54) is 29.8 Å². The van der Waals surface area contributed by atoms with Crippen LogP contribution in [0.4, 0.5) is 23.2 Å². The number of halogens is 5. The van der Waals surface area contributed by atoms with Crippen molar-refractivity contribution in [3.05, 3.63) is 68.8 Å². The summed E-state index contributed by atoms with van der Waals surface area (Å²) in [7, 11) is 1.48. The molecule has 0 aliphatic carbocycles.